The summed E-state index contributed by atoms with van der Waals surface area (Å²) < 4.78 is 1.20. The largest absolute Gasteiger partial charge is 0.108 e. The Balaban J connectivity index is 3.62. The molecule has 0 aliphatic rings. The van der Waals surface area contributed by atoms with Crippen LogP contribution in [0.2, 0.25) is 0 Å². The smallest absolute Gasteiger partial charge is 0.104 e. The maximum absolute atomic E-state index is 5.59. The van der Waals surface area contributed by atoms with Crippen molar-refractivity contribution >= 4 is 39.3 Å². The first-order chi connectivity index (χ1) is 10.7. The second-order valence-electron chi connectivity index (χ2n) is 6.24. The molecule has 0 saturated heterocycles. The second kappa shape index (κ2) is 18.1. The van der Waals surface area contributed by atoms with Gasteiger partial charge in [0, 0.05) is 5.25 Å². The summed E-state index contributed by atoms with van der Waals surface area (Å²) >= 11 is 9.52. The molecule has 22 heavy (non-hydrogen) atoms. The van der Waals surface area contributed by atoms with Gasteiger partial charge >= 0.3 is 0 Å². The topological polar surface area (TPSA) is 0 Å². The summed E-state index contributed by atoms with van der Waals surface area (Å²) in [4.78, 5) is 0. The Labute approximate surface area is 154 Å². The van der Waals surface area contributed by atoms with Gasteiger partial charge in [0.25, 0.3) is 0 Å². The average Bonchev–Trinajstić information content (AvgIpc) is 2.52. The molecule has 0 N–H and O–H groups in total. The predicted octanol–water partition coefficient (Wildman–Crippen LogP) is 8.24. The lowest BCUT2D eigenvalue weighted by atomic mass is 10.1. The van der Waals surface area contributed by atoms with Gasteiger partial charge in [-0.05, 0) is 25.0 Å². The molecule has 0 saturated carbocycles. The van der Waals surface area contributed by atoms with E-state index in [1.54, 1.807) is 0 Å². The highest BCUT2D eigenvalue weighted by Crippen LogP contribution is 2.29. The first-order valence-corrected chi connectivity index (χ1v) is 11.8. The minimum atomic E-state index is 0.772. The third kappa shape index (κ3) is 15.7. The summed E-state index contributed by atoms with van der Waals surface area (Å²) in [6.45, 7) is 6.85. The summed E-state index contributed by atoms with van der Waals surface area (Å²) in [6.07, 6.45) is 17.8. The van der Waals surface area contributed by atoms with E-state index in [0.717, 1.165) is 5.25 Å². The number of thioether (sulfide) groups is 2. The molecule has 0 radical (unpaired) electrons. The van der Waals surface area contributed by atoms with Crippen LogP contribution in [0, 0.1) is 0 Å². The summed E-state index contributed by atoms with van der Waals surface area (Å²) in [5.74, 6) is 1.23. The molecule has 0 nitrogen and oxygen atoms in total. The Bertz CT molecular complexity index is 233. The van der Waals surface area contributed by atoms with Crippen molar-refractivity contribution in [2.75, 3.05) is 5.75 Å². The van der Waals surface area contributed by atoms with Crippen molar-refractivity contribution in [1.82, 2.24) is 0 Å². The highest BCUT2D eigenvalue weighted by Gasteiger charge is 2.11. The van der Waals surface area contributed by atoms with E-state index in [2.05, 4.69) is 20.8 Å². The minimum absolute atomic E-state index is 0.772. The number of hydrogen-bond donors (Lipinski definition) is 0. The van der Waals surface area contributed by atoms with Crippen LogP contribution in [0.1, 0.15) is 104 Å². The van der Waals surface area contributed by atoms with E-state index in [1.807, 2.05) is 23.5 Å². The Morgan fingerprint density at radius 1 is 0.727 bits per heavy atom. The SMILES string of the molecule is CCCCCCCCCSC(=S)SC(CCCC)CCCC. The van der Waals surface area contributed by atoms with Crippen LogP contribution < -0.4 is 0 Å². The Morgan fingerprint density at radius 3 is 1.77 bits per heavy atom. The molecule has 0 aromatic rings. The van der Waals surface area contributed by atoms with E-state index < -0.39 is 0 Å². The molecule has 0 aromatic carbocycles. The molecule has 132 valence electrons. The van der Waals surface area contributed by atoms with Gasteiger partial charge in [-0.25, -0.2) is 0 Å². The van der Waals surface area contributed by atoms with Crippen LogP contribution in [-0.2, 0) is 0 Å². The van der Waals surface area contributed by atoms with Crippen LogP contribution in [0.25, 0.3) is 0 Å². The summed E-state index contributed by atoms with van der Waals surface area (Å²) in [7, 11) is 0. The molecule has 0 bridgehead atoms. The van der Waals surface area contributed by atoms with Crippen LogP contribution in [0.5, 0.6) is 0 Å². The van der Waals surface area contributed by atoms with E-state index in [4.69, 9.17) is 12.2 Å². The second-order valence-corrected chi connectivity index (χ2v) is 9.84. The van der Waals surface area contributed by atoms with Gasteiger partial charge < -0.3 is 0 Å². The molecule has 0 amide bonds. The molecular formula is C19H38S3. The Morgan fingerprint density at radius 2 is 1.23 bits per heavy atom. The third-order valence-electron chi connectivity index (χ3n) is 3.99. The van der Waals surface area contributed by atoms with E-state index >= 15 is 0 Å². The van der Waals surface area contributed by atoms with Gasteiger partial charge in [-0.1, -0.05) is 97.2 Å². The minimum Gasteiger partial charge on any atom is -0.108 e. The molecule has 3 heteroatoms. The van der Waals surface area contributed by atoms with Gasteiger partial charge in [0.05, 0.1) is 0 Å². The van der Waals surface area contributed by atoms with Crippen molar-refractivity contribution < 1.29 is 0 Å². The zero-order valence-corrected chi connectivity index (χ0v) is 17.7. The predicted molar refractivity (Wildman–Crippen MR) is 113 cm³/mol. The molecule has 0 aromatic heterocycles. The van der Waals surface area contributed by atoms with E-state index in [-0.39, 0.29) is 0 Å². The van der Waals surface area contributed by atoms with Crippen molar-refractivity contribution in [2.24, 2.45) is 0 Å². The molecule has 0 unspecified atom stereocenters. The van der Waals surface area contributed by atoms with Gasteiger partial charge in [0.15, 0.2) is 0 Å². The van der Waals surface area contributed by atoms with Crippen molar-refractivity contribution in [3.05, 3.63) is 0 Å². The third-order valence-corrected chi connectivity index (χ3v) is 7.00. The first kappa shape index (κ1) is 22.8. The maximum atomic E-state index is 5.59. The highest BCUT2D eigenvalue weighted by molar-refractivity contribution is 8.47. The van der Waals surface area contributed by atoms with Crippen LogP contribution in [0.3, 0.4) is 0 Å². The number of unbranched alkanes of at least 4 members (excludes halogenated alkanes) is 8. The Hall–Kier alpha value is 0.790. The molecule has 0 spiro atoms. The molecule has 0 rings (SSSR count). The van der Waals surface area contributed by atoms with Crippen LogP contribution in [0.4, 0.5) is 0 Å². The van der Waals surface area contributed by atoms with Crippen molar-refractivity contribution in [1.29, 1.82) is 0 Å². The fraction of sp³-hybridized carbons (Fsp3) is 0.947. The maximum Gasteiger partial charge on any atom is 0.104 e. The van der Waals surface area contributed by atoms with E-state index in [0.29, 0.717) is 0 Å². The van der Waals surface area contributed by atoms with E-state index in [1.165, 1.54) is 92.8 Å². The normalized spacial score (nSPS) is 11.3. The van der Waals surface area contributed by atoms with Crippen LogP contribution >= 0.6 is 35.7 Å². The molecule has 0 aliphatic carbocycles. The van der Waals surface area contributed by atoms with Crippen molar-refractivity contribution in [3.63, 3.8) is 0 Å². The summed E-state index contributed by atoms with van der Waals surface area (Å²) in [5.41, 5.74) is 0. The standard InChI is InChI=1S/C19H38S3/c1-4-7-10-11-12-13-14-17-21-19(20)22-18(15-8-5-2)16-9-6-3/h18H,4-17H2,1-3H3. The number of rotatable bonds is 15. The molecular weight excluding hydrogens is 324 g/mol. The fourth-order valence-electron chi connectivity index (χ4n) is 2.51. The quantitative estimate of drug-likeness (QED) is 0.213. The summed E-state index contributed by atoms with van der Waals surface area (Å²) in [6, 6.07) is 0. The lowest BCUT2D eigenvalue weighted by Gasteiger charge is -2.16. The van der Waals surface area contributed by atoms with Crippen molar-refractivity contribution in [3.8, 4) is 0 Å². The van der Waals surface area contributed by atoms with Crippen molar-refractivity contribution in [2.45, 2.75) is 109 Å². The zero-order chi connectivity index (χ0) is 16.5. The average molecular weight is 363 g/mol. The molecule has 0 fully saturated rings. The molecule has 0 aliphatic heterocycles. The Kier molecular flexibility index (Phi) is 18.8. The van der Waals surface area contributed by atoms with Crippen LogP contribution in [0.15, 0.2) is 0 Å². The number of thiocarbonyl (C=S) groups is 1. The number of hydrogen-bond acceptors (Lipinski definition) is 3. The molecule has 0 heterocycles. The van der Waals surface area contributed by atoms with Gasteiger partial charge in [-0.15, -0.1) is 23.5 Å². The van der Waals surface area contributed by atoms with Gasteiger partial charge in [-0.2, -0.15) is 0 Å². The van der Waals surface area contributed by atoms with Gasteiger partial charge in [0.2, 0.25) is 0 Å². The molecule has 0 atom stereocenters. The highest BCUT2D eigenvalue weighted by atomic mass is 32.2. The lowest BCUT2D eigenvalue weighted by Crippen LogP contribution is -2.05. The van der Waals surface area contributed by atoms with Gasteiger partial charge in [0.1, 0.15) is 3.53 Å². The fourth-order valence-corrected chi connectivity index (χ4v) is 5.46. The summed E-state index contributed by atoms with van der Waals surface area (Å²) in [5, 5.41) is 0.772. The first-order valence-electron chi connectivity index (χ1n) is 9.57. The van der Waals surface area contributed by atoms with Crippen LogP contribution in [-0.4, -0.2) is 14.5 Å². The van der Waals surface area contributed by atoms with Gasteiger partial charge in [-0.3, -0.25) is 0 Å². The zero-order valence-electron chi connectivity index (χ0n) is 15.2. The monoisotopic (exact) mass is 362 g/mol. The van der Waals surface area contributed by atoms with E-state index in [9.17, 15) is 0 Å². The lowest BCUT2D eigenvalue weighted by molar-refractivity contribution is 0.604.